The first-order valence-corrected chi connectivity index (χ1v) is 9.00. The Hall–Kier alpha value is -2.68. The van der Waals surface area contributed by atoms with Gasteiger partial charge in [-0.1, -0.05) is 45.0 Å². The molecule has 0 fully saturated rings. The lowest BCUT2D eigenvalue weighted by molar-refractivity contribution is -0.117. The Morgan fingerprint density at radius 3 is 2.31 bits per heavy atom. The number of hydrogen-bond donors (Lipinski definition) is 1. The predicted molar refractivity (Wildman–Crippen MR) is 109 cm³/mol. The van der Waals surface area contributed by atoms with Crippen LogP contribution in [0.25, 0.3) is 22.2 Å². The predicted octanol–water partition coefficient (Wildman–Crippen LogP) is 5.89. The van der Waals surface area contributed by atoms with E-state index in [0.717, 1.165) is 39.0 Å². The second-order valence-electron chi connectivity index (χ2n) is 8.16. The summed E-state index contributed by atoms with van der Waals surface area (Å²) in [6.45, 7) is 10.3. The molecular weight excluding hydrogens is 320 g/mol. The number of nitrogens with one attached hydrogen (secondary N) is 1. The minimum atomic E-state index is -0.0269. The van der Waals surface area contributed by atoms with Gasteiger partial charge in [0.15, 0.2) is 0 Å². The van der Waals surface area contributed by atoms with Crippen molar-refractivity contribution in [2.75, 3.05) is 5.32 Å². The van der Waals surface area contributed by atoms with Crippen LogP contribution in [0.15, 0.2) is 48.5 Å². The number of fused-ring (bicyclic) bond motifs is 1. The molecule has 3 heteroatoms. The van der Waals surface area contributed by atoms with E-state index in [0.29, 0.717) is 6.42 Å². The first-order valence-electron chi connectivity index (χ1n) is 9.00. The third kappa shape index (κ3) is 4.10. The van der Waals surface area contributed by atoms with Gasteiger partial charge >= 0.3 is 0 Å². The Labute approximate surface area is 155 Å². The molecule has 0 radical (unpaired) electrons. The highest BCUT2D eigenvalue weighted by Gasteiger charge is 2.17. The molecule has 2 aromatic carbocycles. The largest absolute Gasteiger partial charge is 0.326 e. The number of hydrogen-bond acceptors (Lipinski definition) is 2. The van der Waals surface area contributed by atoms with E-state index in [1.54, 1.807) is 0 Å². The van der Waals surface area contributed by atoms with Crippen molar-refractivity contribution in [3.63, 3.8) is 0 Å². The molecule has 1 aromatic heterocycles. The van der Waals surface area contributed by atoms with Gasteiger partial charge in [0.2, 0.25) is 5.91 Å². The third-order valence-electron chi connectivity index (χ3n) is 4.38. The Morgan fingerprint density at radius 1 is 1.00 bits per heavy atom. The average molecular weight is 346 g/mol. The van der Waals surface area contributed by atoms with E-state index in [1.807, 2.05) is 32.0 Å². The number of rotatable bonds is 3. The van der Waals surface area contributed by atoms with Crippen LogP contribution >= 0.6 is 0 Å². The first kappa shape index (κ1) is 18.1. The van der Waals surface area contributed by atoms with Crippen molar-refractivity contribution in [3.8, 4) is 11.3 Å². The van der Waals surface area contributed by atoms with Gasteiger partial charge in [-0.25, -0.2) is 4.98 Å². The van der Waals surface area contributed by atoms with Crippen molar-refractivity contribution >= 4 is 22.5 Å². The minimum absolute atomic E-state index is 0.0269. The standard InChI is InChI=1S/C23H26N2O/c1-15-12-18(20-11-10-17-8-6-7-9-19(17)24-20)13-16(2)22(15)25-21(26)14-23(3,4)5/h6-13H,14H2,1-5H3,(H,25,26). The summed E-state index contributed by atoms with van der Waals surface area (Å²) in [4.78, 5) is 17.1. The van der Waals surface area contributed by atoms with Crippen LogP contribution in [0.2, 0.25) is 0 Å². The van der Waals surface area contributed by atoms with E-state index < -0.39 is 0 Å². The molecule has 0 aliphatic heterocycles. The van der Waals surface area contributed by atoms with Gasteiger partial charge in [0.25, 0.3) is 0 Å². The van der Waals surface area contributed by atoms with Gasteiger partial charge in [0.1, 0.15) is 0 Å². The molecule has 0 aliphatic carbocycles. The van der Waals surface area contributed by atoms with Crippen LogP contribution in [-0.2, 0) is 4.79 Å². The lowest BCUT2D eigenvalue weighted by Gasteiger charge is -2.19. The summed E-state index contributed by atoms with van der Waals surface area (Å²) in [7, 11) is 0. The maximum atomic E-state index is 12.3. The fraction of sp³-hybridized carbons (Fsp3) is 0.304. The summed E-state index contributed by atoms with van der Waals surface area (Å²) < 4.78 is 0. The summed E-state index contributed by atoms with van der Waals surface area (Å²) >= 11 is 0. The first-order chi connectivity index (χ1) is 12.2. The van der Waals surface area contributed by atoms with E-state index >= 15 is 0 Å². The highest BCUT2D eigenvalue weighted by Crippen LogP contribution is 2.29. The molecule has 1 amide bonds. The number of aryl methyl sites for hydroxylation is 2. The Balaban J connectivity index is 1.92. The Morgan fingerprint density at radius 2 is 1.65 bits per heavy atom. The maximum Gasteiger partial charge on any atom is 0.224 e. The molecule has 1 heterocycles. The molecule has 134 valence electrons. The molecule has 0 aliphatic rings. The van der Waals surface area contributed by atoms with E-state index in [4.69, 9.17) is 4.98 Å². The van der Waals surface area contributed by atoms with Gasteiger partial charge in [0, 0.05) is 23.1 Å². The van der Waals surface area contributed by atoms with Crippen molar-refractivity contribution < 1.29 is 4.79 Å². The van der Waals surface area contributed by atoms with Gasteiger partial charge in [-0.15, -0.1) is 0 Å². The number of benzene rings is 2. The zero-order chi connectivity index (χ0) is 18.9. The van der Waals surface area contributed by atoms with Gasteiger partial charge in [-0.2, -0.15) is 0 Å². The molecular formula is C23H26N2O. The van der Waals surface area contributed by atoms with Crippen molar-refractivity contribution in [2.24, 2.45) is 5.41 Å². The molecule has 0 saturated heterocycles. The number of amides is 1. The zero-order valence-electron chi connectivity index (χ0n) is 16.2. The SMILES string of the molecule is Cc1cc(-c2ccc3ccccc3n2)cc(C)c1NC(=O)CC(C)(C)C. The smallest absolute Gasteiger partial charge is 0.224 e. The quantitative estimate of drug-likeness (QED) is 0.642. The second kappa shape index (κ2) is 6.91. The molecule has 0 saturated carbocycles. The van der Waals surface area contributed by atoms with Crippen molar-refractivity contribution in [3.05, 3.63) is 59.7 Å². The van der Waals surface area contributed by atoms with E-state index in [-0.39, 0.29) is 11.3 Å². The maximum absolute atomic E-state index is 12.3. The number of carbonyl (C=O) groups is 1. The minimum Gasteiger partial charge on any atom is -0.326 e. The van der Waals surface area contributed by atoms with Crippen LogP contribution in [0.4, 0.5) is 5.69 Å². The van der Waals surface area contributed by atoms with Gasteiger partial charge in [-0.05, 0) is 54.7 Å². The summed E-state index contributed by atoms with van der Waals surface area (Å²) in [6.07, 6.45) is 0.500. The van der Waals surface area contributed by atoms with Crippen LogP contribution in [0, 0.1) is 19.3 Å². The molecule has 3 nitrogen and oxygen atoms in total. The molecule has 26 heavy (non-hydrogen) atoms. The molecule has 0 bridgehead atoms. The number of nitrogens with zero attached hydrogens (tertiary/aromatic N) is 1. The average Bonchev–Trinajstić information content (AvgIpc) is 2.56. The van der Waals surface area contributed by atoms with Gasteiger partial charge < -0.3 is 5.32 Å². The van der Waals surface area contributed by atoms with E-state index in [2.05, 4.69) is 56.4 Å². The number of pyridine rings is 1. The topological polar surface area (TPSA) is 42.0 Å². The molecule has 3 rings (SSSR count). The molecule has 0 spiro atoms. The van der Waals surface area contributed by atoms with Crippen molar-refractivity contribution in [2.45, 2.75) is 41.0 Å². The summed E-state index contributed by atoms with van der Waals surface area (Å²) in [6, 6.07) is 16.5. The lowest BCUT2D eigenvalue weighted by atomic mass is 9.91. The molecule has 1 N–H and O–H groups in total. The number of aromatic nitrogens is 1. The summed E-state index contributed by atoms with van der Waals surface area (Å²) in [5.41, 5.74) is 5.99. The number of para-hydroxylation sites is 1. The summed E-state index contributed by atoms with van der Waals surface area (Å²) in [5.74, 6) is 0.0558. The van der Waals surface area contributed by atoms with Crippen LogP contribution in [0.5, 0.6) is 0 Å². The van der Waals surface area contributed by atoms with E-state index in [1.165, 1.54) is 0 Å². The summed E-state index contributed by atoms with van der Waals surface area (Å²) in [5, 5.41) is 4.22. The number of anilines is 1. The van der Waals surface area contributed by atoms with Gasteiger partial charge in [0.05, 0.1) is 11.2 Å². The highest BCUT2D eigenvalue weighted by atomic mass is 16.1. The van der Waals surface area contributed by atoms with E-state index in [9.17, 15) is 4.79 Å². The van der Waals surface area contributed by atoms with Gasteiger partial charge in [-0.3, -0.25) is 4.79 Å². The van der Waals surface area contributed by atoms with Crippen molar-refractivity contribution in [1.29, 1.82) is 0 Å². The Bertz CT molecular complexity index is 944. The zero-order valence-corrected chi connectivity index (χ0v) is 16.2. The number of carbonyl (C=O) groups excluding carboxylic acids is 1. The molecule has 3 aromatic rings. The third-order valence-corrected chi connectivity index (χ3v) is 4.38. The fourth-order valence-corrected chi connectivity index (χ4v) is 3.20. The van der Waals surface area contributed by atoms with Crippen LogP contribution in [-0.4, -0.2) is 10.9 Å². The monoisotopic (exact) mass is 346 g/mol. The molecule has 0 atom stereocenters. The molecule has 0 unspecified atom stereocenters. The van der Waals surface area contributed by atoms with Crippen LogP contribution < -0.4 is 5.32 Å². The van der Waals surface area contributed by atoms with Crippen LogP contribution in [0.1, 0.15) is 38.3 Å². The second-order valence-corrected chi connectivity index (χ2v) is 8.16. The normalized spacial score (nSPS) is 11.6. The lowest BCUT2D eigenvalue weighted by Crippen LogP contribution is -2.20. The Kier molecular flexibility index (Phi) is 4.82. The van der Waals surface area contributed by atoms with Crippen LogP contribution in [0.3, 0.4) is 0 Å². The fourth-order valence-electron chi connectivity index (χ4n) is 3.20. The van der Waals surface area contributed by atoms with Crippen molar-refractivity contribution in [1.82, 2.24) is 4.98 Å². The highest BCUT2D eigenvalue weighted by molar-refractivity contribution is 5.93.